The standard InChI is InChI=1S/C18H24ClN3O2/c1-12-9-14(19)6-5-13(12)10-22-8-7-15(11-22)20-18(24)16-3-2-4-17(23)21-16/h5-6,9,15-16H,2-4,7-8,10-11H2,1H3,(H,20,24)(H,21,23)/t15-,16-/m1/s1. The summed E-state index contributed by atoms with van der Waals surface area (Å²) in [7, 11) is 0. The number of hydrogen-bond donors (Lipinski definition) is 2. The molecule has 2 amide bonds. The molecule has 0 aromatic heterocycles. The molecule has 0 bridgehead atoms. The van der Waals surface area contributed by atoms with E-state index in [-0.39, 0.29) is 23.9 Å². The van der Waals surface area contributed by atoms with E-state index in [9.17, 15) is 9.59 Å². The number of nitrogens with zero attached hydrogens (tertiary/aromatic N) is 1. The first kappa shape index (κ1) is 17.2. The van der Waals surface area contributed by atoms with Crippen molar-refractivity contribution in [3.63, 3.8) is 0 Å². The van der Waals surface area contributed by atoms with Crippen LogP contribution >= 0.6 is 11.6 Å². The number of aryl methyl sites for hydroxylation is 1. The molecule has 2 heterocycles. The van der Waals surface area contributed by atoms with E-state index in [2.05, 4.69) is 28.5 Å². The lowest BCUT2D eigenvalue weighted by molar-refractivity contribution is -0.131. The van der Waals surface area contributed by atoms with Crippen LogP contribution in [0.3, 0.4) is 0 Å². The van der Waals surface area contributed by atoms with Gasteiger partial charge in [-0.1, -0.05) is 17.7 Å². The van der Waals surface area contributed by atoms with E-state index < -0.39 is 0 Å². The molecule has 5 nitrogen and oxygen atoms in total. The predicted octanol–water partition coefficient (Wildman–Crippen LogP) is 2.01. The molecule has 2 aliphatic heterocycles. The van der Waals surface area contributed by atoms with Crippen molar-refractivity contribution in [2.75, 3.05) is 13.1 Å². The summed E-state index contributed by atoms with van der Waals surface area (Å²) in [6, 6.07) is 5.77. The van der Waals surface area contributed by atoms with Crippen molar-refractivity contribution in [2.24, 2.45) is 0 Å². The van der Waals surface area contributed by atoms with Crippen LogP contribution < -0.4 is 10.6 Å². The molecular weight excluding hydrogens is 326 g/mol. The summed E-state index contributed by atoms with van der Waals surface area (Å²) in [5.74, 6) is -0.0646. The van der Waals surface area contributed by atoms with Crippen LogP contribution in [-0.4, -0.2) is 41.9 Å². The Morgan fingerprint density at radius 2 is 2.25 bits per heavy atom. The van der Waals surface area contributed by atoms with Crippen molar-refractivity contribution < 1.29 is 9.59 Å². The molecule has 2 N–H and O–H groups in total. The molecule has 2 aliphatic rings. The van der Waals surface area contributed by atoms with E-state index in [1.807, 2.05) is 12.1 Å². The Labute approximate surface area is 147 Å². The Bertz CT molecular complexity index is 635. The van der Waals surface area contributed by atoms with E-state index in [1.54, 1.807) is 0 Å². The zero-order valence-electron chi connectivity index (χ0n) is 14.0. The second kappa shape index (κ2) is 7.53. The molecule has 1 aromatic rings. The zero-order valence-corrected chi connectivity index (χ0v) is 14.7. The van der Waals surface area contributed by atoms with Gasteiger partial charge in [0.05, 0.1) is 0 Å². The van der Waals surface area contributed by atoms with Gasteiger partial charge in [0.25, 0.3) is 0 Å². The third kappa shape index (κ3) is 4.28. The molecule has 0 aliphatic carbocycles. The number of carbonyl (C=O) groups excluding carboxylic acids is 2. The van der Waals surface area contributed by atoms with Crippen molar-refractivity contribution in [2.45, 2.75) is 51.2 Å². The van der Waals surface area contributed by atoms with Crippen LogP contribution in [0.4, 0.5) is 0 Å². The maximum atomic E-state index is 12.3. The van der Waals surface area contributed by atoms with Gasteiger partial charge in [-0.2, -0.15) is 0 Å². The second-order valence-electron chi connectivity index (χ2n) is 6.81. The van der Waals surface area contributed by atoms with Crippen molar-refractivity contribution in [3.8, 4) is 0 Å². The topological polar surface area (TPSA) is 61.4 Å². The number of hydrogen-bond acceptors (Lipinski definition) is 3. The van der Waals surface area contributed by atoms with E-state index in [1.165, 1.54) is 11.1 Å². The average molecular weight is 350 g/mol. The summed E-state index contributed by atoms with van der Waals surface area (Å²) in [4.78, 5) is 26.1. The van der Waals surface area contributed by atoms with Crippen molar-refractivity contribution in [3.05, 3.63) is 34.3 Å². The van der Waals surface area contributed by atoms with E-state index in [4.69, 9.17) is 11.6 Å². The van der Waals surface area contributed by atoms with Crippen LogP contribution in [0, 0.1) is 6.92 Å². The minimum atomic E-state index is -0.362. The highest BCUT2D eigenvalue weighted by atomic mass is 35.5. The minimum absolute atomic E-state index is 0.0207. The van der Waals surface area contributed by atoms with Crippen LogP contribution in [0.2, 0.25) is 5.02 Å². The highest BCUT2D eigenvalue weighted by Crippen LogP contribution is 2.19. The maximum absolute atomic E-state index is 12.3. The van der Waals surface area contributed by atoms with Gasteiger partial charge in [-0.15, -0.1) is 0 Å². The van der Waals surface area contributed by atoms with Crippen LogP contribution in [0.15, 0.2) is 18.2 Å². The monoisotopic (exact) mass is 349 g/mol. The second-order valence-corrected chi connectivity index (χ2v) is 7.25. The van der Waals surface area contributed by atoms with Crippen LogP contribution in [0.1, 0.15) is 36.8 Å². The Hall–Kier alpha value is -1.59. The number of amides is 2. The molecule has 0 spiro atoms. The number of carbonyl (C=O) groups is 2. The van der Waals surface area contributed by atoms with Gasteiger partial charge in [0.2, 0.25) is 11.8 Å². The Morgan fingerprint density at radius 3 is 3.00 bits per heavy atom. The van der Waals surface area contributed by atoms with Gasteiger partial charge in [0.15, 0.2) is 0 Å². The first-order valence-corrected chi connectivity index (χ1v) is 8.96. The molecule has 1 aromatic carbocycles. The summed E-state index contributed by atoms with van der Waals surface area (Å²) < 4.78 is 0. The molecule has 0 unspecified atom stereocenters. The lowest BCUT2D eigenvalue weighted by atomic mass is 10.0. The third-order valence-electron chi connectivity index (χ3n) is 4.87. The number of benzene rings is 1. The quantitative estimate of drug-likeness (QED) is 0.874. The molecule has 3 rings (SSSR count). The van der Waals surface area contributed by atoms with Crippen molar-refractivity contribution in [1.29, 1.82) is 0 Å². The minimum Gasteiger partial charge on any atom is -0.350 e. The maximum Gasteiger partial charge on any atom is 0.242 e. The van der Waals surface area contributed by atoms with Gasteiger partial charge >= 0.3 is 0 Å². The summed E-state index contributed by atoms with van der Waals surface area (Å²) >= 11 is 6.01. The Kier molecular flexibility index (Phi) is 5.41. The molecule has 2 saturated heterocycles. The summed E-state index contributed by atoms with van der Waals surface area (Å²) in [6.45, 7) is 4.75. The SMILES string of the molecule is Cc1cc(Cl)ccc1CN1CC[C@@H](NC(=O)[C@H]2CCCC(=O)N2)C1. The molecular formula is C18H24ClN3O2. The highest BCUT2D eigenvalue weighted by molar-refractivity contribution is 6.30. The zero-order chi connectivity index (χ0) is 17.1. The number of nitrogens with one attached hydrogen (secondary N) is 2. The largest absolute Gasteiger partial charge is 0.350 e. The number of halogens is 1. The van der Waals surface area contributed by atoms with E-state index >= 15 is 0 Å². The van der Waals surface area contributed by atoms with Gasteiger partial charge in [0.1, 0.15) is 6.04 Å². The third-order valence-corrected chi connectivity index (χ3v) is 5.10. The molecule has 6 heteroatoms. The van der Waals surface area contributed by atoms with Gasteiger partial charge < -0.3 is 10.6 Å². The molecule has 2 fully saturated rings. The molecule has 130 valence electrons. The normalized spacial score (nSPS) is 24.7. The fourth-order valence-electron chi connectivity index (χ4n) is 3.48. The fraction of sp³-hybridized carbons (Fsp3) is 0.556. The summed E-state index contributed by atoms with van der Waals surface area (Å²) in [5.41, 5.74) is 2.46. The van der Waals surface area contributed by atoms with Gasteiger partial charge in [-0.3, -0.25) is 14.5 Å². The summed E-state index contributed by atoms with van der Waals surface area (Å²) in [6.07, 6.45) is 3.00. The Morgan fingerprint density at radius 1 is 1.42 bits per heavy atom. The van der Waals surface area contributed by atoms with Crippen LogP contribution in [-0.2, 0) is 16.1 Å². The van der Waals surface area contributed by atoms with Crippen LogP contribution in [0.25, 0.3) is 0 Å². The lowest BCUT2D eigenvalue weighted by Gasteiger charge is -2.24. The van der Waals surface area contributed by atoms with Crippen molar-refractivity contribution >= 4 is 23.4 Å². The van der Waals surface area contributed by atoms with Crippen LogP contribution in [0.5, 0.6) is 0 Å². The predicted molar refractivity (Wildman–Crippen MR) is 93.8 cm³/mol. The first-order chi connectivity index (χ1) is 11.5. The van der Waals surface area contributed by atoms with E-state index in [0.29, 0.717) is 6.42 Å². The smallest absolute Gasteiger partial charge is 0.242 e. The number of likely N-dealkylation sites (tertiary alicyclic amines) is 1. The summed E-state index contributed by atoms with van der Waals surface area (Å²) in [5, 5.41) is 6.63. The van der Waals surface area contributed by atoms with Gasteiger partial charge in [0, 0.05) is 37.1 Å². The molecule has 24 heavy (non-hydrogen) atoms. The molecule has 2 atom stereocenters. The molecule has 0 saturated carbocycles. The Balaban J connectivity index is 1.50. The first-order valence-electron chi connectivity index (χ1n) is 8.58. The van der Waals surface area contributed by atoms with Gasteiger partial charge in [-0.25, -0.2) is 0 Å². The lowest BCUT2D eigenvalue weighted by Crippen LogP contribution is -2.51. The molecule has 0 radical (unpaired) electrons. The average Bonchev–Trinajstić information content (AvgIpc) is 2.97. The highest BCUT2D eigenvalue weighted by Gasteiger charge is 2.29. The fourth-order valence-corrected chi connectivity index (χ4v) is 3.70. The van der Waals surface area contributed by atoms with Gasteiger partial charge in [-0.05, 0) is 49.4 Å². The van der Waals surface area contributed by atoms with E-state index in [0.717, 1.165) is 43.9 Å². The number of piperidine rings is 1. The number of rotatable bonds is 4. The van der Waals surface area contributed by atoms with Crippen molar-refractivity contribution in [1.82, 2.24) is 15.5 Å².